The zero-order chi connectivity index (χ0) is 22.3. The summed E-state index contributed by atoms with van der Waals surface area (Å²) in [6.45, 7) is 7.36. The van der Waals surface area contributed by atoms with Crippen LogP contribution >= 0.6 is 11.3 Å². The number of fused-ring (bicyclic) bond motifs is 3. The molecule has 0 bridgehead atoms. The van der Waals surface area contributed by atoms with Crippen LogP contribution in [0.2, 0.25) is 0 Å². The highest BCUT2D eigenvalue weighted by atomic mass is 32.2. The number of carbonyl (C=O) groups excluding carboxylic acids is 1. The Balaban J connectivity index is 1.42. The zero-order valence-electron chi connectivity index (χ0n) is 18.3. The highest BCUT2D eigenvalue weighted by molar-refractivity contribution is 7.93. The van der Waals surface area contributed by atoms with E-state index < -0.39 is 20.3 Å². The molecular formula is C21H30N4O4S2. The Hall–Kier alpha value is -1.78. The number of hydrogen-bond donors (Lipinski definition) is 1. The maximum Gasteiger partial charge on any atom is 0.259 e. The minimum Gasteiger partial charge on any atom is -0.339 e. The van der Waals surface area contributed by atoms with E-state index in [1.54, 1.807) is 30.1 Å². The van der Waals surface area contributed by atoms with Gasteiger partial charge in [0.15, 0.2) is 9.84 Å². The number of nitrogens with zero attached hydrogens (tertiary/aromatic N) is 3. The van der Waals surface area contributed by atoms with Gasteiger partial charge in [-0.25, -0.2) is 13.4 Å². The van der Waals surface area contributed by atoms with E-state index in [4.69, 9.17) is 4.98 Å². The lowest BCUT2D eigenvalue weighted by molar-refractivity contribution is -0.132. The molecule has 1 amide bonds. The van der Waals surface area contributed by atoms with Crippen molar-refractivity contribution in [1.82, 2.24) is 19.8 Å². The van der Waals surface area contributed by atoms with Gasteiger partial charge in [-0.15, -0.1) is 11.3 Å². The van der Waals surface area contributed by atoms with Gasteiger partial charge in [-0.2, -0.15) is 0 Å². The predicted octanol–water partition coefficient (Wildman–Crippen LogP) is 1.72. The average Bonchev–Trinajstić information content (AvgIpc) is 3.12. The van der Waals surface area contributed by atoms with Crippen LogP contribution in [0.1, 0.15) is 49.9 Å². The quantitative estimate of drug-likeness (QED) is 0.720. The number of aromatic nitrogens is 2. The van der Waals surface area contributed by atoms with Gasteiger partial charge in [-0.1, -0.05) is 0 Å². The van der Waals surface area contributed by atoms with Crippen molar-refractivity contribution in [3.05, 3.63) is 26.6 Å². The van der Waals surface area contributed by atoms with Gasteiger partial charge in [0.05, 0.1) is 17.2 Å². The van der Waals surface area contributed by atoms with Gasteiger partial charge in [-0.05, 0) is 52.0 Å². The molecule has 0 aromatic carbocycles. The second-order valence-corrected chi connectivity index (χ2v) is 12.7. The molecule has 8 nitrogen and oxygen atoms in total. The van der Waals surface area contributed by atoms with Crippen LogP contribution in [0.25, 0.3) is 10.2 Å². The molecule has 170 valence electrons. The molecule has 1 fully saturated rings. The molecule has 1 aliphatic heterocycles. The molecule has 2 aromatic heterocycles. The molecular weight excluding hydrogens is 436 g/mol. The van der Waals surface area contributed by atoms with E-state index in [0.717, 1.165) is 29.5 Å². The maximum atomic E-state index is 12.7. The first-order chi connectivity index (χ1) is 14.7. The number of piperazine rings is 1. The number of amides is 1. The van der Waals surface area contributed by atoms with Crippen LogP contribution in [0, 0.1) is 0 Å². The molecule has 31 heavy (non-hydrogen) atoms. The van der Waals surface area contributed by atoms with Crippen molar-refractivity contribution >= 4 is 37.3 Å². The molecule has 1 saturated heterocycles. The van der Waals surface area contributed by atoms with Crippen LogP contribution in [-0.4, -0.2) is 70.8 Å². The zero-order valence-corrected chi connectivity index (χ0v) is 19.9. The van der Waals surface area contributed by atoms with E-state index in [9.17, 15) is 18.0 Å². The van der Waals surface area contributed by atoms with Crippen molar-refractivity contribution in [3.63, 3.8) is 0 Å². The first-order valence-electron chi connectivity index (χ1n) is 11.0. The maximum absolute atomic E-state index is 12.7. The Kier molecular flexibility index (Phi) is 6.24. The van der Waals surface area contributed by atoms with Crippen molar-refractivity contribution in [2.24, 2.45) is 0 Å². The fourth-order valence-corrected chi connectivity index (χ4v) is 6.95. The summed E-state index contributed by atoms with van der Waals surface area (Å²) in [4.78, 5) is 39.0. The van der Waals surface area contributed by atoms with E-state index in [1.165, 1.54) is 23.8 Å². The Labute approximate surface area is 186 Å². The Bertz CT molecular complexity index is 1140. The van der Waals surface area contributed by atoms with Gasteiger partial charge in [0.2, 0.25) is 5.91 Å². The van der Waals surface area contributed by atoms with Crippen LogP contribution < -0.4 is 5.56 Å². The molecule has 2 aliphatic rings. The summed E-state index contributed by atoms with van der Waals surface area (Å²) in [7, 11) is -3.47. The van der Waals surface area contributed by atoms with Gasteiger partial charge in [-0.3, -0.25) is 14.5 Å². The average molecular weight is 467 g/mol. The lowest BCUT2D eigenvalue weighted by atomic mass is 9.97. The topological polar surface area (TPSA) is 103 Å². The molecule has 1 N–H and O–H groups in total. The summed E-state index contributed by atoms with van der Waals surface area (Å²) in [5, 5.41) is -0.836. The third-order valence-corrected chi connectivity index (χ3v) is 10.1. The summed E-state index contributed by atoms with van der Waals surface area (Å²) in [6.07, 6.45) is 4.29. The normalized spacial score (nSPS) is 19.0. The van der Waals surface area contributed by atoms with Crippen LogP contribution in [0.5, 0.6) is 0 Å². The second kappa shape index (κ2) is 8.63. The first-order valence-corrected chi connectivity index (χ1v) is 13.4. The van der Waals surface area contributed by atoms with E-state index in [-0.39, 0.29) is 11.5 Å². The fourth-order valence-electron chi connectivity index (χ4n) is 4.43. The number of aromatic amines is 1. The van der Waals surface area contributed by atoms with Gasteiger partial charge in [0.1, 0.15) is 15.9 Å². The van der Waals surface area contributed by atoms with E-state index >= 15 is 0 Å². The molecule has 0 spiro atoms. The van der Waals surface area contributed by atoms with Gasteiger partial charge < -0.3 is 9.88 Å². The second-order valence-electron chi connectivity index (χ2n) is 8.79. The molecule has 10 heteroatoms. The number of carbonyl (C=O) groups is 1. The van der Waals surface area contributed by atoms with E-state index in [0.29, 0.717) is 38.5 Å². The Morgan fingerprint density at radius 3 is 2.48 bits per heavy atom. The molecule has 0 radical (unpaired) electrons. The largest absolute Gasteiger partial charge is 0.339 e. The lowest BCUT2D eigenvalue weighted by Crippen LogP contribution is -2.52. The third-order valence-electron chi connectivity index (χ3n) is 6.43. The number of sulfone groups is 1. The summed E-state index contributed by atoms with van der Waals surface area (Å²) in [6, 6.07) is 0. The van der Waals surface area contributed by atoms with E-state index in [1.807, 2.05) is 0 Å². The summed E-state index contributed by atoms with van der Waals surface area (Å²) in [5.74, 6) is 0.317. The minimum atomic E-state index is -3.47. The summed E-state index contributed by atoms with van der Waals surface area (Å²) < 4.78 is 24.7. The molecule has 2 aromatic rings. The Morgan fingerprint density at radius 1 is 1.13 bits per heavy atom. The van der Waals surface area contributed by atoms with Crippen LogP contribution in [0.4, 0.5) is 0 Å². The lowest BCUT2D eigenvalue weighted by Gasteiger charge is -2.35. The van der Waals surface area contributed by atoms with Crippen molar-refractivity contribution in [2.45, 2.75) is 63.5 Å². The molecule has 4 rings (SSSR count). The number of thiophene rings is 1. The summed E-state index contributed by atoms with van der Waals surface area (Å²) >= 11 is 1.64. The van der Waals surface area contributed by atoms with Crippen molar-refractivity contribution in [2.75, 3.05) is 26.2 Å². The monoisotopic (exact) mass is 466 g/mol. The highest BCUT2D eigenvalue weighted by Crippen LogP contribution is 2.33. The van der Waals surface area contributed by atoms with Crippen LogP contribution in [0.15, 0.2) is 4.79 Å². The van der Waals surface area contributed by atoms with Crippen LogP contribution in [-0.2, 0) is 34.0 Å². The summed E-state index contributed by atoms with van der Waals surface area (Å²) in [5.41, 5.74) is 1.13. The number of aryl methyl sites for hydroxylation is 2. The van der Waals surface area contributed by atoms with Crippen LogP contribution in [0.3, 0.4) is 0 Å². The minimum absolute atomic E-state index is 0.0547. The fraction of sp³-hybridized carbons (Fsp3) is 0.667. The van der Waals surface area contributed by atoms with Gasteiger partial charge >= 0.3 is 0 Å². The SMILES string of the molecule is CC(C)S(=O)(=O)C(C)C(=O)N1CCN(Cc2nc3sc4c(c3c(=O)[nH]2)CCCC4)CC1. The number of hydrogen-bond acceptors (Lipinski definition) is 7. The number of rotatable bonds is 5. The first kappa shape index (κ1) is 22.4. The Morgan fingerprint density at radius 2 is 1.81 bits per heavy atom. The number of H-pyrrole nitrogens is 1. The highest BCUT2D eigenvalue weighted by Gasteiger charge is 2.35. The van der Waals surface area contributed by atoms with Crippen molar-refractivity contribution in [3.8, 4) is 0 Å². The molecule has 1 aliphatic carbocycles. The number of nitrogens with one attached hydrogen (secondary N) is 1. The molecule has 3 heterocycles. The van der Waals surface area contributed by atoms with Gasteiger partial charge in [0.25, 0.3) is 5.56 Å². The predicted molar refractivity (Wildman–Crippen MR) is 122 cm³/mol. The third kappa shape index (κ3) is 4.29. The standard InChI is InChI=1S/C21H30N4O4S2/c1-13(2)31(28,29)14(3)21(27)25-10-8-24(9-11-25)12-17-22-19(26)18-15-6-4-5-7-16(15)30-20(18)23-17/h13-14H,4-12H2,1-3H3,(H,22,23,26). The molecule has 1 atom stereocenters. The molecule has 1 unspecified atom stereocenters. The van der Waals surface area contributed by atoms with Crippen molar-refractivity contribution < 1.29 is 13.2 Å². The molecule has 0 saturated carbocycles. The smallest absolute Gasteiger partial charge is 0.259 e. The van der Waals surface area contributed by atoms with Gasteiger partial charge in [0, 0.05) is 31.1 Å². The van der Waals surface area contributed by atoms with E-state index in [2.05, 4.69) is 9.88 Å². The van der Waals surface area contributed by atoms with Crippen molar-refractivity contribution in [1.29, 1.82) is 0 Å².